The maximum atomic E-state index is 14.2. The van der Waals surface area contributed by atoms with Gasteiger partial charge >= 0.3 is 0 Å². The van der Waals surface area contributed by atoms with Crippen LogP contribution in [0, 0.1) is 30.6 Å². The lowest BCUT2D eigenvalue weighted by Gasteiger charge is -2.38. The summed E-state index contributed by atoms with van der Waals surface area (Å²) in [5, 5.41) is 6.73. The Morgan fingerprint density at radius 3 is 2.62 bits per heavy atom. The molecule has 1 aliphatic carbocycles. The lowest BCUT2D eigenvalue weighted by atomic mass is 9.73. The molecule has 0 radical (unpaired) electrons. The van der Waals surface area contributed by atoms with E-state index in [0.29, 0.717) is 22.5 Å². The molecule has 8 heteroatoms. The Kier molecular flexibility index (Phi) is 6.99. The van der Waals surface area contributed by atoms with E-state index in [1.807, 2.05) is 43.3 Å². The van der Waals surface area contributed by atoms with E-state index in [9.17, 15) is 14.4 Å². The maximum Gasteiger partial charge on any atom is 0.246 e. The average Bonchev–Trinajstić information content (AvgIpc) is 3.55. The van der Waals surface area contributed by atoms with E-state index >= 15 is 0 Å². The molecule has 40 heavy (non-hydrogen) atoms. The molecule has 3 aliphatic heterocycles. The second-order valence-corrected chi connectivity index (χ2v) is 12.5. The van der Waals surface area contributed by atoms with Crippen molar-refractivity contribution in [3.8, 4) is 0 Å². The van der Waals surface area contributed by atoms with Crippen molar-refractivity contribution in [1.82, 2.24) is 10.2 Å². The van der Waals surface area contributed by atoms with Crippen LogP contribution >= 0.6 is 11.6 Å². The highest BCUT2D eigenvalue weighted by molar-refractivity contribution is 6.30. The van der Waals surface area contributed by atoms with Crippen LogP contribution in [0.25, 0.3) is 0 Å². The first-order valence-electron chi connectivity index (χ1n) is 14.3. The van der Waals surface area contributed by atoms with Crippen molar-refractivity contribution in [3.63, 3.8) is 0 Å². The zero-order valence-corrected chi connectivity index (χ0v) is 23.9. The predicted octanol–water partition coefficient (Wildman–Crippen LogP) is 4.88. The molecule has 3 fully saturated rings. The third kappa shape index (κ3) is 4.53. The zero-order valence-electron chi connectivity index (χ0n) is 23.1. The minimum atomic E-state index is -1.20. The van der Waals surface area contributed by atoms with Gasteiger partial charge in [-0.2, -0.15) is 0 Å². The second kappa shape index (κ2) is 10.3. The molecule has 1 spiro atoms. The molecule has 1 saturated carbocycles. The Morgan fingerprint density at radius 2 is 1.88 bits per heavy atom. The molecule has 7 nitrogen and oxygen atoms in total. The SMILES string of the molecule is Cc1ccc(CN2C(=O)C3C(C(=O)Nc4cccc(Cl)c4)C4C=CC3(O4)C2C(=O)NC2CCCC(C)C2C)cc1. The summed E-state index contributed by atoms with van der Waals surface area (Å²) in [5.41, 5.74) is 1.39. The number of nitrogens with one attached hydrogen (secondary N) is 2. The number of fused-ring (bicyclic) bond motifs is 1. The largest absolute Gasteiger partial charge is 0.359 e. The topological polar surface area (TPSA) is 87.7 Å². The Bertz CT molecular complexity index is 1360. The first-order valence-corrected chi connectivity index (χ1v) is 14.7. The molecule has 0 aromatic heterocycles. The average molecular weight is 562 g/mol. The lowest BCUT2D eigenvalue weighted by molar-refractivity contribution is -0.142. The minimum absolute atomic E-state index is 0.0348. The number of likely N-dealkylation sites (tertiary alicyclic amines) is 1. The van der Waals surface area contributed by atoms with E-state index in [-0.39, 0.29) is 30.3 Å². The van der Waals surface area contributed by atoms with Gasteiger partial charge in [0, 0.05) is 23.3 Å². The van der Waals surface area contributed by atoms with Crippen molar-refractivity contribution in [2.75, 3.05) is 5.32 Å². The van der Waals surface area contributed by atoms with Crippen molar-refractivity contribution in [3.05, 3.63) is 76.8 Å². The van der Waals surface area contributed by atoms with Gasteiger partial charge in [0.2, 0.25) is 17.7 Å². The molecular formula is C32H36ClN3O4. The van der Waals surface area contributed by atoms with Gasteiger partial charge in [-0.05, 0) is 48.9 Å². The second-order valence-electron chi connectivity index (χ2n) is 12.0. The summed E-state index contributed by atoms with van der Waals surface area (Å²) in [5.74, 6) is -1.48. The predicted molar refractivity (Wildman–Crippen MR) is 153 cm³/mol. The number of carbonyl (C=O) groups is 3. The Balaban J connectivity index is 1.33. The number of amides is 3. The normalized spacial score (nSPS) is 34.1. The van der Waals surface area contributed by atoms with Crippen LogP contribution in [-0.2, 0) is 25.7 Å². The summed E-state index contributed by atoms with van der Waals surface area (Å²) in [7, 11) is 0. The molecular weight excluding hydrogens is 526 g/mol. The van der Waals surface area contributed by atoms with E-state index in [0.717, 1.165) is 30.4 Å². The standard InChI is InChI=1S/C32H36ClN3O4/c1-18-10-12-21(13-11-18)17-36-28(30(38)35-24-9-4-6-19(2)20(24)3)32-15-14-25(40-32)26(27(32)31(36)39)29(37)34-23-8-5-7-22(33)16-23/h5,7-8,10-16,19-20,24-28H,4,6,9,17H2,1-3H3,(H,34,37)(H,35,38). The van der Waals surface area contributed by atoms with Gasteiger partial charge in [-0.3, -0.25) is 14.4 Å². The number of hydrogen-bond acceptors (Lipinski definition) is 4. The van der Waals surface area contributed by atoms with Crippen LogP contribution in [0.15, 0.2) is 60.7 Å². The van der Waals surface area contributed by atoms with Crippen LogP contribution in [-0.4, -0.2) is 46.4 Å². The molecule has 3 heterocycles. The highest BCUT2D eigenvalue weighted by Gasteiger charge is 2.72. The van der Waals surface area contributed by atoms with Crippen molar-refractivity contribution < 1.29 is 19.1 Å². The van der Waals surface area contributed by atoms with E-state index < -0.39 is 29.6 Å². The highest BCUT2D eigenvalue weighted by Crippen LogP contribution is 2.55. The van der Waals surface area contributed by atoms with Gasteiger partial charge in [-0.25, -0.2) is 0 Å². The summed E-state index contributed by atoms with van der Waals surface area (Å²) in [4.78, 5) is 43.6. The first-order chi connectivity index (χ1) is 19.2. The quantitative estimate of drug-likeness (QED) is 0.492. The number of benzene rings is 2. The molecule has 6 rings (SSSR count). The van der Waals surface area contributed by atoms with Gasteiger partial charge in [0.05, 0.1) is 17.9 Å². The number of rotatable bonds is 6. The molecule has 2 saturated heterocycles. The molecule has 3 amide bonds. The Labute approximate surface area is 240 Å². The third-order valence-electron chi connectivity index (χ3n) is 9.53. The van der Waals surface area contributed by atoms with Crippen molar-refractivity contribution in [1.29, 1.82) is 0 Å². The number of carbonyl (C=O) groups excluding carboxylic acids is 3. The van der Waals surface area contributed by atoms with Gasteiger partial charge < -0.3 is 20.3 Å². The molecule has 2 aromatic rings. The van der Waals surface area contributed by atoms with Crippen LogP contribution in [0.3, 0.4) is 0 Å². The Morgan fingerprint density at radius 1 is 1.10 bits per heavy atom. The number of anilines is 1. The highest BCUT2D eigenvalue weighted by atomic mass is 35.5. The van der Waals surface area contributed by atoms with E-state index in [1.54, 1.807) is 29.2 Å². The fraction of sp³-hybridized carbons (Fsp3) is 0.469. The molecule has 8 unspecified atom stereocenters. The van der Waals surface area contributed by atoms with Crippen LogP contribution in [0.4, 0.5) is 5.69 Å². The van der Waals surface area contributed by atoms with Crippen LogP contribution in [0.2, 0.25) is 5.02 Å². The van der Waals surface area contributed by atoms with Gasteiger partial charge in [0.1, 0.15) is 11.6 Å². The lowest BCUT2D eigenvalue weighted by Crippen LogP contribution is -2.57. The number of nitrogens with zero attached hydrogens (tertiary/aromatic N) is 1. The monoisotopic (exact) mass is 561 g/mol. The number of ether oxygens (including phenoxy) is 1. The first kappa shape index (κ1) is 27.0. The summed E-state index contributed by atoms with van der Waals surface area (Å²) in [6.07, 6.45) is 6.24. The fourth-order valence-electron chi connectivity index (χ4n) is 7.17. The summed E-state index contributed by atoms with van der Waals surface area (Å²) >= 11 is 6.13. The van der Waals surface area contributed by atoms with Crippen LogP contribution in [0.5, 0.6) is 0 Å². The van der Waals surface area contributed by atoms with E-state index in [2.05, 4.69) is 24.5 Å². The molecule has 8 atom stereocenters. The zero-order chi connectivity index (χ0) is 28.2. The number of hydrogen-bond donors (Lipinski definition) is 2. The molecule has 210 valence electrons. The third-order valence-corrected chi connectivity index (χ3v) is 9.76. The number of halogens is 1. The van der Waals surface area contributed by atoms with Crippen molar-refractivity contribution >= 4 is 35.0 Å². The summed E-state index contributed by atoms with van der Waals surface area (Å²) in [6.45, 7) is 6.69. The summed E-state index contributed by atoms with van der Waals surface area (Å²) < 4.78 is 6.49. The van der Waals surface area contributed by atoms with E-state index in [1.165, 1.54) is 0 Å². The van der Waals surface area contributed by atoms with Crippen molar-refractivity contribution in [2.24, 2.45) is 23.7 Å². The molecule has 2 aromatic carbocycles. The summed E-state index contributed by atoms with van der Waals surface area (Å²) in [6, 6.07) is 14.0. The van der Waals surface area contributed by atoms with Crippen LogP contribution < -0.4 is 10.6 Å². The van der Waals surface area contributed by atoms with Gasteiger partial charge in [0.15, 0.2) is 0 Å². The van der Waals surface area contributed by atoms with Crippen LogP contribution in [0.1, 0.15) is 44.2 Å². The number of aryl methyl sites for hydroxylation is 1. The Hall–Kier alpha value is -3.16. The van der Waals surface area contributed by atoms with Gasteiger partial charge in [-0.15, -0.1) is 0 Å². The van der Waals surface area contributed by atoms with Gasteiger partial charge in [0.25, 0.3) is 0 Å². The fourth-order valence-corrected chi connectivity index (χ4v) is 7.36. The minimum Gasteiger partial charge on any atom is -0.359 e. The molecule has 2 N–H and O–H groups in total. The molecule has 2 bridgehead atoms. The van der Waals surface area contributed by atoms with Crippen molar-refractivity contribution in [2.45, 2.75) is 70.4 Å². The van der Waals surface area contributed by atoms with Gasteiger partial charge in [-0.1, -0.05) is 86.3 Å². The maximum absolute atomic E-state index is 14.2. The smallest absolute Gasteiger partial charge is 0.246 e. The molecule has 4 aliphatic rings. The van der Waals surface area contributed by atoms with E-state index in [4.69, 9.17) is 16.3 Å².